The molecule has 8 heteroatoms. The summed E-state index contributed by atoms with van der Waals surface area (Å²) in [6.07, 6.45) is 3.88. The highest BCUT2D eigenvalue weighted by Gasteiger charge is 2.33. The minimum Gasteiger partial charge on any atom is -0.464 e. The van der Waals surface area contributed by atoms with Gasteiger partial charge in [-0.15, -0.1) is 10.2 Å². The first-order valence-electron chi connectivity index (χ1n) is 12.8. The second-order valence-corrected chi connectivity index (χ2v) is 9.31. The number of esters is 1. The lowest BCUT2D eigenvalue weighted by Crippen LogP contribution is -2.48. The second-order valence-electron chi connectivity index (χ2n) is 9.31. The van der Waals surface area contributed by atoms with Crippen molar-refractivity contribution in [3.63, 3.8) is 0 Å². The topological polar surface area (TPSA) is 101 Å². The van der Waals surface area contributed by atoms with E-state index in [9.17, 15) is 9.59 Å². The minimum absolute atomic E-state index is 0.0190. The average molecular weight is 492 g/mol. The van der Waals surface area contributed by atoms with Crippen molar-refractivity contribution in [2.75, 3.05) is 6.61 Å². The number of H-pyrrole nitrogens is 1. The lowest BCUT2D eigenvalue weighted by atomic mass is 9.97. The molecule has 0 bridgehead atoms. The van der Waals surface area contributed by atoms with Gasteiger partial charge < -0.3 is 9.64 Å². The van der Waals surface area contributed by atoms with Crippen molar-refractivity contribution >= 4 is 11.9 Å². The van der Waals surface area contributed by atoms with Gasteiger partial charge in [-0.3, -0.25) is 4.79 Å². The molecule has 0 saturated heterocycles. The van der Waals surface area contributed by atoms with Gasteiger partial charge in [-0.1, -0.05) is 89.1 Å². The van der Waals surface area contributed by atoms with Crippen molar-refractivity contribution in [1.82, 2.24) is 25.5 Å². The zero-order valence-corrected chi connectivity index (χ0v) is 21.7. The molecule has 1 heterocycles. The highest BCUT2D eigenvalue weighted by Crippen LogP contribution is 2.30. The summed E-state index contributed by atoms with van der Waals surface area (Å²) in [5.41, 5.74) is 3.82. The highest BCUT2D eigenvalue weighted by molar-refractivity contribution is 5.85. The van der Waals surface area contributed by atoms with E-state index in [2.05, 4.69) is 34.5 Å². The summed E-state index contributed by atoms with van der Waals surface area (Å²) in [6, 6.07) is 15.3. The number of unbranched alkanes of at least 4 members (excludes halogenated alkanes) is 2. The molecular weight excluding hydrogens is 454 g/mol. The van der Waals surface area contributed by atoms with Crippen LogP contribution >= 0.6 is 0 Å². The van der Waals surface area contributed by atoms with Crippen LogP contribution in [-0.2, 0) is 20.9 Å². The van der Waals surface area contributed by atoms with Crippen LogP contribution in [0.2, 0.25) is 0 Å². The van der Waals surface area contributed by atoms with E-state index >= 15 is 0 Å². The number of hydrogen-bond acceptors (Lipinski definition) is 6. The zero-order valence-electron chi connectivity index (χ0n) is 21.7. The van der Waals surface area contributed by atoms with E-state index in [4.69, 9.17) is 4.74 Å². The maximum Gasteiger partial charge on any atom is 0.329 e. The number of tetrazole rings is 1. The molecule has 0 saturated carbocycles. The standard InChI is InChI=1S/C28H37N5O3/c1-5-7-13-25(34)33(26(20(3)4)28(35)36-18-8-6-2)19-21-14-16-22(17-15-21)23-11-9-10-12-24(23)27-29-31-32-30-27/h9-12,14-17,20,26H,5-8,13,18-19H2,1-4H3,(H,29,30,31,32)/t26-/m0/s1. The van der Waals surface area contributed by atoms with Crippen LogP contribution in [0.15, 0.2) is 48.5 Å². The third-order valence-corrected chi connectivity index (χ3v) is 6.15. The first-order chi connectivity index (χ1) is 17.5. The summed E-state index contributed by atoms with van der Waals surface area (Å²) in [7, 11) is 0. The summed E-state index contributed by atoms with van der Waals surface area (Å²) < 4.78 is 5.55. The van der Waals surface area contributed by atoms with E-state index in [0.29, 0.717) is 25.4 Å². The van der Waals surface area contributed by atoms with E-state index in [1.807, 2.05) is 62.4 Å². The fraction of sp³-hybridized carbons (Fsp3) is 0.464. The number of amides is 1. The molecule has 0 aliphatic heterocycles. The number of benzene rings is 2. The fourth-order valence-corrected chi connectivity index (χ4v) is 4.17. The van der Waals surface area contributed by atoms with Crippen molar-refractivity contribution in [3.05, 3.63) is 54.1 Å². The maximum atomic E-state index is 13.2. The van der Waals surface area contributed by atoms with Crippen LogP contribution in [-0.4, -0.2) is 50.0 Å². The third-order valence-electron chi connectivity index (χ3n) is 6.15. The van der Waals surface area contributed by atoms with Crippen molar-refractivity contribution in [2.24, 2.45) is 5.92 Å². The summed E-state index contributed by atoms with van der Waals surface area (Å²) in [4.78, 5) is 28.0. The molecule has 36 heavy (non-hydrogen) atoms. The lowest BCUT2D eigenvalue weighted by Gasteiger charge is -2.33. The lowest BCUT2D eigenvalue weighted by molar-refractivity contribution is -0.158. The Bertz CT molecular complexity index is 1100. The molecule has 1 atom stereocenters. The van der Waals surface area contributed by atoms with Crippen LogP contribution in [0.1, 0.15) is 65.4 Å². The van der Waals surface area contributed by atoms with Gasteiger partial charge in [0.15, 0.2) is 0 Å². The number of hydrogen-bond donors (Lipinski definition) is 1. The third kappa shape index (κ3) is 6.99. The molecule has 0 aliphatic carbocycles. The zero-order chi connectivity index (χ0) is 25.9. The van der Waals surface area contributed by atoms with Crippen LogP contribution in [0.25, 0.3) is 22.5 Å². The molecule has 1 N–H and O–H groups in total. The van der Waals surface area contributed by atoms with Gasteiger partial charge in [0, 0.05) is 18.5 Å². The van der Waals surface area contributed by atoms with Crippen LogP contribution < -0.4 is 0 Å². The Morgan fingerprint density at radius 3 is 2.28 bits per heavy atom. The number of nitrogens with zero attached hydrogens (tertiary/aromatic N) is 4. The molecule has 3 aromatic rings. The van der Waals surface area contributed by atoms with E-state index in [1.165, 1.54) is 0 Å². The summed E-state index contributed by atoms with van der Waals surface area (Å²) in [5.74, 6) is 0.123. The SMILES string of the molecule is CCCCOC(=O)[C@H](C(C)C)N(Cc1ccc(-c2ccccc2-c2nn[nH]n2)cc1)C(=O)CCCC. The molecule has 8 nitrogen and oxygen atoms in total. The van der Waals surface area contributed by atoms with Gasteiger partial charge in [0.1, 0.15) is 6.04 Å². The van der Waals surface area contributed by atoms with Crippen LogP contribution in [0, 0.1) is 5.92 Å². The smallest absolute Gasteiger partial charge is 0.329 e. The number of aromatic amines is 1. The quantitative estimate of drug-likeness (QED) is 0.253. The molecule has 0 radical (unpaired) electrons. The van der Waals surface area contributed by atoms with Crippen LogP contribution in [0.5, 0.6) is 0 Å². The number of rotatable bonds is 13. The average Bonchev–Trinajstić information content (AvgIpc) is 3.42. The van der Waals surface area contributed by atoms with Gasteiger partial charge >= 0.3 is 5.97 Å². The monoisotopic (exact) mass is 491 g/mol. The predicted octanol–water partition coefficient (Wildman–Crippen LogP) is 5.42. The number of ether oxygens (including phenoxy) is 1. The van der Waals surface area contributed by atoms with Gasteiger partial charge in [0.25, 0.3) is 0 Å². The van der Waals surface area contributed by atoms with Gasteiger partial charge in [-0.2, -0.15) is 5.21 Å². The van der Waals surface area contributed by atoms with E-state index < -0.39 is 6.04 Å². The molecule has 0 unspecified atom stereocenters. The molecule has 0 aliphatic rings. The summed E-state index contributed by atoms with van der Waals surface area (Å²) in [6.45, 7) is 8.76. The van der Waals surface area contributed by atoms with E-state index in [0.717, 1.165) is 47.9 Å². The Labute approximate surface area is 213 Å². The number of carbonyl (C=O) groups excluding carboxylic acids is 2. The molecule has 0 fully saturated rings. The molecule has 2 aromatic carbocycles. The predicted molar refractivity (Wildman–Crippen MR) is 140 cm³/mol. The number of carbonyl (C=O) groups is 2. The molecule has 1 aromatic heterocycles. The Morgan fingerprint density at radius 2 is 1.67 bits per heavy atom. The van der Waals surface area contributed by atoms with Crippen LogP contribution in [0.3, 0.4) is 0 Å². The van der Waals surface area contributed by atoms with Crippen molar-refractivity contribution < 1.29 is 14.3 Å². The molecular formula is C28H37N5O3. The van der Waals surface area contributed by atoms with Gasteiger partial charge in [0.2, 0.25) is 11.7 Å². The van der Waals surface area contributed by atoms with Gasteiger partial charge in [-0.05, 0) is 40.7 Å². The van der Waals surface area contributed by atoms with Crippen molar-refractivity contribution in [2.45, 2.75) is 72.4 Å². The van der Waals surface area contributed by atoms with Gasteiger partial charge in [0.05, 0.1) is 6.61 Å². The van der Waals surface area contributed by atoms with Crippen LogP contribution in [0.4, 0.5) is 0 Å². The normalized spacial score (nSPS) is 11.9. The first kappa shape index (κ1) is 27.0. The number of nitrogens with one attached hydrogen (secondary N) is 1. The van der Waals surface area contributed by atoms with Crippen molar-refractivity contribution in [1.29, 1.82) is 0 Å². The van der Waals surface area contributed by atoms with Gasteiger partial charge in [-0.25, -0.2) is 4.79 Å². The molecule has 0 spiro atoms. The number of aromatic nitrogens is 4. The fourth-order valence-electron chi connectivity index (χ4n) is 4.17. The Kier molecular flexibility index (Phi) is 10.2. The second kappa shape index (κ2) is 13.5. The summed E-state index contributed by atoms with van der Waals surface area (Å²) >= 11 is 0. The highest BCUT2D eigenvalue weighted by atomic mass is 16.5. The molecule has 3 rings (SSSR count). The van der Waals surface area contributed by atoms with E-state index in [-0.39, 0.29) is 17.8 Å². The first-order valence-corrected chi connectivity index (χ1v) is 12.8. The minimum atomic E-state index is -0.621. The molecule has 1 amide bonds. The van der Waals surface area contributed by atoms with E-state index in [1.54, 1.807) is 4.90 Å². The maximum absolute atomic E-state index is 13.2. The molecule has 192 valence electrons. The largest absolute Gasteiger partial charge is 0.464 e. The summed E-state index contributed by atoms with van der Waals surface area (Å²) in [5, 5.41) is 14.4. The van der Waals surface area contributed by atoms with Crippen molar-refractivity contribution in [3.8, 4) is 22.5 Å². The Morgan fingerprint density at radius 1 is 0.972 bits per heavy atom. The Balaban J connectivity index is 1.85. The Hall–Kier alpha value is -3.55.